The van der Waals surface area contributed by atoms with Crippen LogP contribution in [0.5, 0.6) is 0 Å². The van der Waals surface area contributed by atoms with Gasteiger partial charge >= 0.3 is 0 Å². The lowest BCUT2D eigenvalue weighted by Crippen LogP contribution is -2.19. The van der Waals surface area contributed by atoms with E-state index in [-0.39, 0.29) is 10.5 Å². The average Bonchev–Trinajstić information content (AvgIpc) is 2.68. The van der Waals surface area contributed by atoms with Crippen molar-refractivity contribution >= 4 is 39.4 Å². The van der Waals surface area contributed by atoms with Crippen LogP contribution in [0.2, 0.25) is 5.02 Å². The van der Waals surface area contributed by atoms with Crippen LogP contribution in [0.15, 0.2) is 83.1 Å². The summed E-state index contributed by atoms with van der Waals surface area (Å²) in [6.45, 7) is 0. The predicted molar refractivity (Wildman–Crippen MR) is 108 cm³/mol. The van der Waals surface area contributed by atoms with Crippen molar-refractivity contribution in [1.29, 1.82) is 0 Å². The molecule has 0 radical (unpaired) electrons. The van der Waals surface area contributed by atoms with Crippen LogP contribution in [0.25, 0.3) is 0 Å². The summed E-state index contributed by atoms with van der Waals surface area (Å²) in [7, 11) is -3.88. The minimum atomic E-state index is -3.88. The molecule has 1 amide bonds. The van der Waals surface area contributed by atoms with Crippen molar-refractivity contribution < 1.29 is 13.2 Å². The molecule has 0 spiro atoms. The van der Waals surface area contributed by atoms with E-state index in [1.54, 1.807) is 42.7 Å². The number of aromatic nitrogens is 1. The van der Waals surface area contributed by atoms with Crippen molar-refractivity contribution in [3.05, 3.63) is 89.2 Å². The van der Waals surface area contributed by atoms with Gasteiger partial charge in [0, 0.05) is 28.5 Å². The molecule has 0 aliphatic rings. The number of nitrogens with zero attached hydrogens (tertiary/aromatic N) is 2. The molecule has 1 heterocycles. The van der Waals surface area contributed by atoms with E-state index in [0.29, 0.717) is 16.3 Å². The van der Waals surface area contributed by atoms with Gasteiger partial charge in [0.2, 0.25) is 0 Å². The number of hydrogen-bond donors (Lipinski definition) is 2. The fraction of sp³-hybridized carbons (Fsp3) is 0. The monoisotopic (exact) mass is 414 g/mol. The maximum absolute atomic E-state index is 12.6. The number of anilines is 1. The zero-order valence-corrected chi connectivity index (χ0v) is 16.0. The highest BCUT2D eigenvalue weighted by Crippen LogP contribution is 2.20. The Balaban J connectivity index is 1.73. The molecule has 28 heavy (non-hydrogen) atoms. The Labute approximate surface area is 167 Å². The molecule has 0 aliphatic heterocycles. The molecule has 0 aliphatic carbocycles. The minimum Gasteiger partial charge on any atom is -0.280 e. The Hall–Kier alpha value is -3.23. The standard InChI is InChI=1S/C19H15ClN4O3S/c20-16-6-2-7-17(11-16)24-28(26,27)18-8-1-5-15(10-18)19(25)23-22-13-14-4-3-9-21-12-14/h1-13,24H,(H,23,25)/b22-13-. The highest BCUT2D eigenvalue weighted by Gasteiger charge is 2.16. The molecule has 2 N–H and O–H groups in total. The Morgan fingerprint density at radius 3 is 2.64 bits per heavy atom. The van der Waals surface area contributed by atoms with Gasteiger partial charge in [-0.25, -0.2) is 13.8 Å². The maximum atomic E-state index is 12.6. The Morgan fingerprint density at radius 2 is 1.89 bits per heavy atom. The van der Waals surface area contributed by atoms with Crippen LogP contribution in [-0.4, -0.2) is 25.5 Å². The van der Waals surface area contributed by atoms with E-state index in [0.717, 1.165) is 0 Å². The molecule has 7 nitrogen and oxygen atoms in total. The molecule has 0 unspecified atom stereocenters. The fourth-order valence-corrected chi connectivity index (χ4v) is 3.54. The second-order valence-electron chi connectivity index (χ2n) is 5.63. The Kier molecular flexibility index (Phi) is 6.03. The van der Waals surface area contributed by atoms with E-state index in [1.807, 2.05) is 0 Å². The second kappa shape index (κ2) is 8.64. The molecule has 1 aromatic heterocycles. The molecule has 0 bridgehead atoms. The lowest BCUT2D eigenvalue weighted by molar-refractivity contribution is 0.0955. The lowest BCUT2D eigenvalue weighted by atomic mass is 10.2. The highest BCUT2D eigenvalue weighted by molar-refractivity contribution is 7.92. The van der Waals surface area contributed by atoms with Gasteiger partial charge in [0.05, 0.1) is 16.8 Å². The van der Waals surface area contributed by atoms with Crippen LogP contribution < -0.4 is 10.1 Å². The molecule has 0 atom stereocenters. The van der Waals surface area contributed by atoms with Gasteiger partial charge in [0.1, 0.15) is 0 Å². The van der Waals surface area contributed by atoms with Crippen molar-refractivity contribution in [3.8, 4) is 0 Å². The number of hydrazone groups is 1. The normalized spacial score (nSPS) is 11.3. The molecule has 142 valence electrons. The predicted octanol–water partition coefficient (Wildman–Crippen LogP) is 3.30. The number of amides is 1. The first-order valence-corrected chi connectivity index (χ1v) is 9.92. The van der Waals surface area contributed by atoms with Gasteiger partial charge < -0.3 is 0 Å². The first-order valence-electron chi connectivity index (χ1n) is 8.06. The molecule has 0 saturated heterocycles. The van der Waals surface area contributed by atoms with E-state index in [2.05, 4.69) is 20.2 Å². The first-order chi connectivity index (χ1) is 13.4. The zero-order valence-electron chi connectivity index (χ0n) is 14.4. The molecule has 3 aromatic rings. The van der Waals surface area contributed by atoms with Gasteiger partial charge in [-0.3, -0.25) is 14.5 Å². The molecule has 3 rings (SSSR count). The van der Waals surface area contributed by atoms with E-state index >= 15 is 0 Å². The number of halogens is 1. The lowest BCUT2D eigenvalue weighted by Gasteiger charge is -2.09. The largest absolute Gasteiger partial charge is 0.280 e. The number of benzene rings is 2. The van der Waals surface area contributed by atoms with Crippen molar-refractivity contribution in [2.24, 2.45) is 5.10 Å². The van der Waals surface area contributed by atoms with Gasteiger partial charge in [0.15, 0.2) is 0 Å². The summed E-state index contributed by atoms with van der Waals surface area (Å²) < 4.78 is 27.6. The fourth-order valence-electron chi connectivity index (χ4n) is 2.25. The molecular weight excluding hydrogens is 400 g/mol. The number of carbonyl (C=O) groups is 1. The van der Waals surface area contributed by atoms with Crippen LogP contribution in [-0.2, 0) is 10.0 Å². The number of nitrogens with one attached hydrogen (secondary N) is 2. The van der Waals surface area contributed by atoms with Crippen molar-refractivity contribution in [1.82, 2.24) is 10.4 Å². The van der Waals surface area contributed by atoms with Crippen LogP contribution in [0, 0.1) is 0 Å². The Morgan fingerprint density at radius 1 is 1.07 bits per heavy atom. The molecule has 0 saturated carbocycles. The number of rotatable bonds is 6. The van der Waals surface area contributed by atoms with Crippen LogP contribution in [0.3, 0.4) is 0 Å². The summed E-state index contributed by atoms with van der Waals surface area (Å²) >= 11 is 5.87. The number of carbonyl (C=O) groups excluding carboxylic acids is 1. The van der Waals surface area contributed by atoms with Crippen molar-refractivity contribution in [3.63, 3.8) is 0 Å². The topological polar surface area (TPSA) is 101 Å². The van der Waals surface area contributed by atoms with E-state index in [4.69, 9.17) is 11.6 Å². The average molecular weight is 415 g/mol. The summed E-state index contributed by atoms with van der Waals surface area (Å²) in [4.78, 5) is 16.1. The van der Waals surface area contributed by atoms with Gasteiger partial charge in [-0.05, 0) is 42.5 Å². The minimum absolute atomic E-state index is 0.0589. The summed E-state index contributed by atoms with van der Waals surface area (Å²) in [5.74, 6) is -0.542. The summed E-state index contributed by atoms with van der Waals surface area (Å²) in [5.41, 5.74) is 3.54. The van der Waals surface area contributed by atoms with Crippen LogP contribution >= 0.6 is 11.6 Å². The summed E-state index contributed by atoms with van der Waals surface area (Å²) in [5, 5.41) is 4.25. The van der Waals surface area contributed by atoms with Gasteiger partial charge in [0.25, 0.3) is 15.9 Å². The number of pyridine rings is 1. The van der Waals surface area contributed by atoms with E-state index in [1.165, 1.54) is 36.5 Å². The van der Waals surface area contributed by atoms with E-state index < -0.39 is 15.9 Å². The first kappa shape index (κ1) is 19.5. The second-order valence-corrected chi connectivity index (χ2v) is 7.75. The van der Waals surface area contributed by atoms with E-state index in [9.17, 15) is 13.2 Å². The molecular formula is C19H15ClN4O3S. The molecule has 2 aromatic carbocycles. The number of sulfonamides is 1. The third-order valence-corrected chi connectivity index (χ3v) is 5.16. The van der Waals surface area contributed by atoms with Crippen LogP contribution in [0.4, 0.5) is 5.69 Å². The quantitative estimate of drug-likeness (QED) is 0.477. The van der Waals surface area contributed by atoms with Gasteiger partial charge in [-0.2, -0.15) is 5.10 Å². The summed E-state index contributed by atoms with van der Waals surface area (Å²) in [6, 6.07) is 15.5. The van der Waals surface area contributed by atoms with Gasteiger partial charge in [-0.1, -0.05) is 29.8 Å². The van der Waals surface area contributed by atoms with Crippen molar-refractivity contribution in [2.45, 2.75) is 4.90 Å². The summed E-state index contributed by atoms with van der Waals surface area (Å²) in [6.07, 6.45) is 4.65. The van der Waals surface area contributed by atoms with Crippen molar-refractivity contribution in [2.75, 3.05) is 4.72 Å². The smallest absolute Gasteiger partial charge is 0.271 e. The van der Waals surface area contributed by atoms with Crippen LogP contribution in [0.1, 0.15) is 15.9 Å². The molecule has 9 heteroatoms. The molecule has 0 fully saturated rings. The highest BCUT2D eigenvalue weighted by atomic mass is 35.5. The Bertz CT molecular complexity index is 1120. The maximum Gasteiger partial charge on any atom is 0.271 e. The SMILES string of the molecule is O=C(N/N=C\c1cccnc1)c1cccc(S(=O)(=O)Nc2cccc(Cl)c2)c1. The van der Waals surface area contributed by atoms with Gasteiger partial charge in [-0.15, -0.1) is 0 Å². The zero-order chi connectivity index (χ0) is 20.0. The third kappa shape index (κ3) is 5.15. The number of hydrogen-bond acceptors (Lipinski definition) is 5. The third-order valence-electron chi connectivity index (χ3n) is 3.55.